The van der Waals surface area contributed by atoms with Gasteiger partial charge in [-0.05, 0) is 19.4 Å². The molecule has 0 saturated carbocycles. The molecule has 4 heteroatoms. The summed E-state index contributed by atoms with van der Waals surface area (Å²) in [6.07, 6.45) is 4.02. The lowest BCUT2D eigenvalue weighted by Gasteiger charge is -2.22. The second kappa shape index (κ2) is 9.15. The van der Waals surface area contributed by atoms with Gasteiger partial charge in [-0.2, -0.15) is 0 Å². The second-order valence-electron chi connectivity index (χ2n) is 4.66. The number of benzene rings is 1. The molecule has 1 N–H and O–H groups in total. The Bertz CT molecular complexity index is 418. The number of ether oxygens (including phenoxy) is 1. The number of methoxy groups -OCH3 is 1. The zero-order valence-electron chi connectivity index (χ0n) is 12.5. The van der Waals surface area contributed by atoms with E-state index in [1.54, 1.807) is 12.0 Å². The normalized spacial score (nSPS) is 12.3. The first-order valence-corrected chi connectivity index (χ1v) is 6.93. The molecular weight excluding hydrogens is 252 g/mol. The molecule has 4 nitrogen and oxygen atoms in total. The maximum Gasteiger partial charge on any atom is 0.317 e. The van der Waals surface area contributed by atoms with Crippen LogP contribution in [0.2, 0.25) is 0 Å². The molecule has 0 unspecified atom stereocenters. The van der Waals surface area contributed by atoms with E-state index in [4.69, 9.17) is 4.74 Å². The molecule has 1 aromatic rings. The highest BCUT2D eigenvalue weighted by Gasteiger charge is 2.12. The Kier molecular flexibility index (Phi) is 7.43. The molecule has 1 rings (SSSR count). The molecule has 0 fully saturated rings. The van der Waals surface area contributed by atoms with Gasteiger partial charge in [-0.15, -0.1) is 0 Å². The minimum absolute atomic E-state index is 0.0136. The zero-order chi connectivity index (χ0) is 14.8. The molecule has 0 radical (unpaired) electrons. The Morgan fingerprint density at radius 3 is 2.70 bits per heavy atom. The number of nitrogens with one attached hydrogen (secondary N) is 1. The van der Waals surface area contributed by atoms with Crippen molar-refractivity contribution in [1.29, 1.82) is 0 Å². The lowest BCUT2D eigenvalue weighted by atomic mass is 10.2. The summed E-state index contributed by atoms with van der Waals surface area (Å²) in [6.45, 7) is 5.68. The number of amides is 2. The summed E-state index contributed by atoms with van der Waals surface area (Å²) in [7, 11) is 1.63. The number of nitrogens with zero attached hydrogens (tertiary/aromatic N) is 1. The highest BCUT2D eigenvalue weighted by Crippen LogP contribution is 2.01. The summed E-state index contributed by atoms with van der Waals surface area (Å²) < 4.78 is 5.01. The van der Waals surface area contributed by atoms with Crippen LogP contribution in [0.1, 0.15) is 19.4 Å². The standard InChI is InChI=1S/C16H24N2O2/c1-4-18(16(19)17-14(2)13-20-3)12-8-11-15-9-6-5-7-10-15/h5-11,14H,4,12-13H2,1-3H3,(H,17,19)/b11-8+/t14-/m1/s1. The quantitative estimate of drug-likeness (QED) is 0.832. The first-order chi connectivity index (χ1) is 9.67. The number of hydrogen-bond acceptors (Lipinski definition) is 2. The highest BCUT2D eigenvalue weighted by atomic mass is 16.5. The molecular formula is C16H24N2O2. The predicted molar refractivity (Wildman–Crippen MR) is 82.6 cm³/mol. The number of rotatable bonds is 7. The number of likely N-dealkylation sites (N-methyl/N-ethyl adjacent to an activating group) is 1. The molecule has 0 saturated heterocycles. The largest absolute Gasteiger partial charge is 0.383 e. The molecule has 1 aromatic carbocycles. The van der Waals surface area contributed by atoms with Gasteiger partial charge in [0.1, 0.15) is 0 Å². The average Bonchev–Trinajstić information content (AvgIpc) is 2.44. The third-order valence-electron chi connectivity index (χ3n) is 2.89. The van der Waals surface area contributed by atoms with Crippen molar-refractivity contribution in [2.45, 2.75) is 19.9 Å². The Hall–Kier alpha value is -1.81. The van der Waals surface area contributed by atoms with Crippen molar-refractivity contribution in [3.8, 4) is 0 Å². The molecule has 0 aliphatic rings. The first kappa shape index (κ1) is 16.2. The van der Waals surface area contributed by atoms with Crippen molar-refractivity contribution in [2.75, 3.05) is 26.8 Å². The van der Waals surface area contributed by atoms with Gasteiger partial charge in [0.15, 0.2) is 0 Å². The van der Waals surface area contributed by atoms with Gasteiger partial charge in [0, 0.05) is 20.2 Å². The average molecular weight is 276 g/mol. The topological polar surface area (TPSA) is 41.6 Å². The fourth-order valence-electron chi connectivity index (χ4n) is 1.83. The maximum absolute atomic E-state index is 12.0. The van der Waals surface area contributed by atoms with Crippen LogP contribution in [0.3, 0.4) is 0 Å². The summed E-state index contributed by atoms with van der Waals surface area (Å²) in [6, 6.07) is 10.0. The number of urea groups is 1. The van der Waals surface area contributed by atoms with Crippen molar-refractivity contribution in [1.82, 2.24) is 10.2 Å². The lowest BCUT2D eigenvalue weighted by molar-refractivity contribution is 0.162. The summed E-state index contributed by atoms with van der Waals surface area (Å²) >= 11 is 0. The molecule has 110 valence electrons. The minimum atomic E-state index is -0.0604. The molecule has 0 aliphatic heterocycles. The Morgan fingerprint density at radius 1 is 1.40 bits per heavy atom. The third kappa shape index (κ3) is 5.89. The van der Waals surface area contributed by atoms with Gasteiger partial charge in [0.2, 0.25) is 0 Å². The van der Waals surface area contributed by atoms with Gasteiger partial charge in [-0.3, -0.25) is 0 Å². The summed E-state index contributed by atoms with van der Waals surface area (Å²) in [5.74, 6) is 0. The highest BCUT2D eigenvalue weighted by molar-refractivity contribution is 5.74. The summed E-state index contributed by atoms with van der Waals surface area (Å²) in [5, 5.41) is 2.91. The fourth-order valence-corrected chi connectivity index (χ4v) is 1.83. The van der Waals surface area contributed by atoms with Crippen LogP contribution >= 0.6 is 0 Å². The molecule has 0 heterocycles. The number of hydrogen-bond donors (Lipinski definition) is 1. The molecule has 0 bridgehead atoms. The van der Waals surface area contributed by atoms with Gasteiger partial charge in [-0.1, -0.05) is 42.5 Å². The van der Waals surface area contributed by atoms with E-state index in [0.29, 0.717) is 19.7 Å². The molecule has 0 spiro atoms. The van der Waals surface area contributed by atoms with Crippen molar-refractivity contribution >= 4 is 12.1 Å². The Labute approximate surface area is 121 Å². The van der Waals surface area contributed by atoms with Gasteiger partial charge >= 0.3 is 6.03 Å². The van der Waals surface area contributed by atoms with Gasteiger partial charge in [-0.25, -0.2) is 4.79 Å². The van der Waals surface area contributed by atoms with Crippen LogP contribution in [0.25, 0.3) is 6.08 Å². The van der Waals surface area contributed by atoms with Crippen molar-refractivity contribution in [3.63, 3.8) is 0 Å². The van der Waals surface area contributed by atoms with Crippen LogP contribution in [-0.4, -0.2) is 43.8 Å². The fraction of sp³-hybridized carbons (Fsp3) is 0.438. The van der Waals surface area contributed by atoms with Gasteiger partial charge in [0.25, 0.3) is 0 Å². The smallest absolute Gasteiger partial charge is 0.317 e. The van der Waals surface area contributed by atoms with Crippen LogP contribution in [-0.2, 0) is 4.74 Å². The maximum atomic E-state index is 12.0. The molecule has 0 aliphatic carbocycles. The van der Waals surface area contributed by atoms with Crippen LogP contribution in [0.15, 0.2) is 36.4 Å². The predicted octanol–water partition coefficient (Wildman–Crippen LogP) is 2.77. The van der Waals surface area contributed by atoms with E-state index >= 15 is 0 Å². The van der Waals surface area contributed by atoms with E-state index in [1.165, 1.54) is 0 Å². The molecule has 1 atom stereocenters. The molecule has 20 heavy (non-hydrogen) atoms. The van der Waals surface area contributed by atoms with E-state index in [2.05, 4.69) is 5.32 Å². The summed E-state index contributed by atoms with van der Waals surface area (Å²) in [5.41, 5.74) is 1.14. The third-order valence-corrected chi connectivity index (χ3v) is 2.89. The zero-order valence-corrected chi connectivity index (χ0v) is 12.5. The number of carbonyl (C=O) groups is 1. The SMILES string of the molecule is CCN(C/C=C/c1ccccc1)C(=O)N[C@H](C)COC. The summed E-state index contributed by atoms with van der Waals surface area (Å²) in [4.78, 5) is 13.8. The molecule has 0 aromatic heterocycles. The Balaban J connectivity index is 2.46. The van der Waals surface area contributed by atoms with E-state index in [-0.39, 0.29) is 12.1 Å². The first-order valence-electron chi connectivity index (χ1n) is 6.93. The van der Waals surface area contributed by atoms with Crippen LogP contribution < -0.4 is 5.32 Å². The van der Waals surface area contributed by atoms with E-state index in [1.807, 2.05) is 56.3 Å². The van der Waals surface area contributed by atoms with Crippen molar-refractivity contribution in [3.05, 3.63) is 42.0 Å². The van der Waals surface area contributed by atoms with Gasteiger partial charge < -0.3 is 15.0 Å². The van der Waals surface area contributed by atoms with Crippen LogP contribution in [0.5, 0.6) is 0 Å². The monoisotopic (exact) mass is 276 g/mol. The second-order valence-corrected chi connectivity index (χ2v) is 4.66. The van der Waals surface area contributed by atoms with Crippen LogP contribution in [0.4, 0.5) is 4.79 Å². The van der Waals surface area contributed by atoms with E-state index in [9.17, 15) is 4.79 Å². The number of carbonyl (C=O) groups excluding carboxylic acids is 1. The van der Waals surface area contributed by atoms with Gasteiger partial charge in [0.05, 0.1) is 12.6 Å². The molecule has 2 amide bonds. The lowest BCUT2D eigenvalue weighted by Crippen LogP contribution is -2.45. The van der Waals surface area contributed by atoms with Crippen molar-refractivity contribution < 1.29 is 9.53 Å². The Morgan fingerprint density at radius 2 is 2.10 bits per heavy atom. The minimum Gasteiger partial charge on any atom is -0.383 e. The van der Waals surface area contributed by atoms with E-state index < -0.39 is 0 Å². The van der Waals surface area contributed by atoms with Crippen LogP contribution in [0, 0.1) is 0 Å². The van der Waals surface area contributed by atoms with E-state index in [0.717, 1.165) is 5.56 Å². The van der Waals surface area contributed by atoms with Crippen molar-refractivity contribution in [2.24, 2.45) is 0 Å².